The molecule has 3 fully saturated rings. The lowest BCUT2D eigenvalue weighted by Crippen LogP contribution is -2.35. The van der Waals surface area contributed by atoms with E-state index >= 15 is 0 Å². The highest BCUT2D eigenvalue weighted by Gasteiger charge is 2.43. The van der Waals surface area contributed by atoms with Crippen LogP contribution in [0.3, 0.4) is 0 Å². The molecule has 1 aromatic carbocycles. The van der Waals surface area contributed by atoms with Gasteiger partial charge in [-0.25, -0.2) is 9.97 Å². The van der Waals surface area contributed by atoms with E-state index in [0.29, 0.717) is 60.2 Å². The summed E-state index contributed by atoms with van der Waals surface area (Å²) in [4.78, 5) is 52.8. The van der Waals surface area contributed by atoms with Gasteiger partial charge in [-0.3, -0.25) is 19.7 Å². The minimum absolute atomic E-state index is 0.0235. The van der Waals surface area contributed by atoms with Gasteiger partial charge in [0.2, 0.25) is 17.8 Å². The summed E-state index contributed by atoms with van der Waals surface area (Å²) in [5.74, 6) is 1.55. The van der Waals surface area contributed by atoms with Crippen molar-refractivity contribution >= 4 is 51.7 Å². The van der Waals surface area contributed by atoms with Crippen molar-refractivity contribution in [3.63, 3.8) is 0 Å². The average Bonchev–Trinajstić information content (AvgIpc) is 3.87. The predicted octanol–water partition coefficient (Wildman–Crippen LogP) is 4.99. The Bertz CT molecular complexity index is 1710. The van der Waals surface area contributed by atoms with E-state index in [2.05, 4.69) is 21.4 Å². The molecule has 2 unspecified atom stereocenters. The molecule has 1 aliphatic carbocycles. The van der Waals surface area contributed by atoms with Gasteiger partial charge in [-0.05, 0) is 73.9 Å². The number of aromatic nitrogens is 3. The number of amides is 3. The number of anilines is 2. The van der Waals surface area contributed by atoms with Crippen molar-refractivity contribution in [2.24, 2.45) is 17.8 Å². The van der Waals surface area contributed by atoms with Crippen LogP contribution in [0.5, 0.6) is 0 Å². The predicted molar refractivity (Wildman–Crippen MR) is 166 cm³/mol. The number of likely N-dealkylation sites (tertiary alicyclic amines) is 1. The van der Waals surface area contributed by atoms with Gasteiger partial charge in [0, 0.05) is 51.0 Å². The number of nitrogens with zero attached hydrogens (tertiary/aromatic N) is 5. The largest absolute Gasteiger partial charge is 0.443 e. The maximum Gasteiger partial charge on any atom is 0.268 e. The van der Waals surface area contributed by atoms with Crippen LogP contribution in [0, 0.1) is 17.8 Å². The third-order valence-corrected chi connectivity index (χ3v) is 10.4. The molecule has 0 spiro atoms. The van der Waals surface area contributed by atoms with E-state index in [-0.39, 0.29) is 29.7 Å². The molecule has 0 bridgehead atoms. The van der Waals surface area contributed by atoms with Crippen LogP contribution in [0.25, 0.3) is 21.7 Å². The number of fused-ring (bicyclic) bond motifs is 2. The van der Waals surface area contributed by atoms with Gasteiger partial charge in [-0.1, -0.05) is 6.58 Å². The molecule has 3 amide bonds. The molecule has 0 radical (unpaired) electrons. The topological polar surface area (TPSA) is 123 Å². The van der Waals surface area contributed by atoms with Gasteiger partial charge in [-0.15, -0.1) is 11.3 Å². The summed E-state index contributed by atoms with van der Waals surface area (Å²) in [5, 5.41) is 3.08. The highest BCUT2D eigenvalue weighted by Crippen LogP contribution is 2.46. The van der Waals surface area contributed by atoms with Gasteiger partial charge >= 0.3 is 0 Å². The van der Waals surface area contributed by atoms with Crippen molar-refractivity contribution < 1.29 is 23.5 Å². The number of oxazole rings is 1. The molecule has 1 N–H and O–H groups in total. The van der Waals surface area contributed by atoms with Crippen molar-refractivity contribution in [3.05, 3.63) is 60.5 Å². The Kier molecular flexibility index (Phi) is 7.55. The zero-order valence-corrected chi connectivity index (χ0v) is 25.3. The quantitative estimate of drug-likeness (QED) is 0.291. The SMILES string of the molecule is C=CC(=O)N1CC2CC(n3c(NC(=O)c4ccc(-c5cnco5)s4)nc4cc(N(C)C(=O)C5CCOCC5)ccc43)CC2C1. The highest BCUT2D eigenvalue weighted by atomic mass is 32.1. The smallest absolute Gasteiger partial charge is 0.268 e. The lowest BCUT2D eigenvalue weighted by molar-refractivity contribution is -0.125. The maximum absolute atomic E-state index is 13.5. The van der Waals surface area contributed by atoms with Crippen molar-refractivity contribution in [1.82, 2.24) is 19.4 Å². The number of hydrogen-bond acceptors (Lipinski definition) is 8. The Balaban J connectivity index is 1.19. The number of carbonyl (C=O) groups is 3. The van der Waals surface area contributed by atoms with Gasteiger partial charge < -0.3 is 23.5 Å². The van der Waals surface area contributed by atoms with Crippen molar-refractivity contribution in [1.29, 1.82) is 0 Å². The normalized spacial score (nSPS) is 21.8. The first-order chi connectivity index (χ1) is 21.4. The summed E-state index contributed by atoms with van der Waals surface area (Å²) in [6.45, 7) is 6.27. The van der Waals surface area contributed by atoms with Crippen LogP contribution in [0.15, 0.2) is 60.0 Å². The van der Waals surface area contributed by atoms with E-state index in [1.807, 2.05) is 29.2 Å². The van der Waals surface area contributed by atoms with Crippen LogP contribution in [-0.4, -0.2) is 70.5 Å². The first-order valence-electron chi connectivity index (χ1n) is 15.0. The molecular formula is C32H34N6O5S. The number of nitrogens with one attached hydrogen (secondary N) is 1. The lowest BCUT2D eigenvalue weighted by Gasteiger charge is -2.26. The van der Waals surface area contributed by atoms with Gasteiger partial charge in [0.1, 0.15) is 0 Å². The molecule has 7 rings (SSSR count). The molecule has 44 heavy (non-hydrogen) atoms. The number of carbonyl (C=O) groups excluding carboxylic acids is 3. The van der Waals surface area contributed by atoms with E-state index in [9.17, 15) is 14.4 Å². The lowest BCUT2D eigenvalue weighted by atomic mass is 9.98. The Labute approximate surface area is 258 Å². The molecule has 3 aromatic heterocycles. The van der Waals surface area contributed by atoms with Crippen LogP contribution >= 0.6 is 11.3 Å². The monoisotopic (exact) mass is 614 g/mol. The molecule has 228 valence electrons. The Morgan fingerprint density at radius 2 is 1.89 bits per heavy atom. The van der Waals surface area contributed by atoms with Gasteiger partial charge in [-0.2, -0.15) is 0 Å². The number of ether oxygens (including phenoxy) is 1. The van der Waals surface area contributed by atoms with Crippen LogP contribution in [0.2, 0.25) is 0 Å². The Hall–Kier alpha value is -4.29. The number of imidazole rings is 1. The molecule has 2 aliphatic heterocycles. The highest BCUT2D eigenvalue weighted by molar-refractivity contribution is 7.17. The fraction of sp³-hybridized carbons (Fsp3) is 0.406. The summed E-state index contributed by atoms with van der Waals surface area (Å²) in [7, 11) is 1.80. The first kappa shape index (κ1) is 28.5. The van der Waals surface area contributed by atoms with Crippen LogP contribution in [0.4, 0.5) is 11.6 Å². The summed E-state index contributed by atoms with van der Waals surface area (Å²) >= 11 is 1.32. The summed E-state index contributed by atoms with van der Waals surface area (Å²) in [6.07, 6.45) is 7.55. The Morgan fingerprint density at radius 3 is 2.59 bits per heavy atom. The number of rotatable bonds is 7. The van der Waals surface area contributed by atoms with Gasteiger partial charge in [0.25, 0.3) is 5.91 Å². The van der Waals surface area contributed by atoms with Crippen molar-refractivity contribution in [2.75, 3.05) is 43.6 Å². The Morgan fingerprint density at radius 1 is 1.11 bits per heavy atom. The third kappa shape index (κ3) is 5.22. The fourth-order valence-electron chi connectivity index (χ4n) is 6.98. The summed E-state index contributed by atoms with van der Waals surface area (Å²) in [5.41, 5.74) is 2.36. The maximum atomic E-state index is 13.5. The molecule has 4 aromatic rings. The minimum Gasteiger partial charge on any atom is -0.443 e. The minimum atomic E-state index is -0.259. The van der Waals surface area contributed by atoms with Crippen molar-refractivity contribution in [3.8, 4) is 10.6 Å². The standard InChI is InChI=1S/C32H34N6O5S/c1-3-29(39)37-16-20-12-23(13-21(20)17-37)38-25-5-4-22(36(2)31(41)19-8-10-42-11-9-19)14-24(25)34-32(38)35-30(40)28-7-6-27(44-28)26-15-33-18-43-26/h3-7,14-15,18-21,23H,1,8-13,16-17H2,2H3,(H,34,35,40). The zero-order valence-electron chi connectivity index (χ0n) is 24.5. The van der Waals surface area contributed by atoms with Crippen LogP contribution in [-0.2, 0) is 14.3 Å². The third-order valence-electron chi connectivity index (χ3n) is 9.27. The summed E-state index contributed by atoms with van der Waals surface area (Å²) in [6, 6.07) is 9.58. The molecule has 1 saturated carbocycles. The van der Waals surface area contributed by atoms with Crippen LogP contribution in [0.1, 0.15) is 41.4 Å². The molecule has 2 saturated heterocycles. The fourth-order valence-corrected chi connectivity index (χ4v) is 7.83. The van der Waals surface area contributed by atoms with E-state index in [1.54, 1.807) is 24.2 Å². The second-order valence-corrected chi connectivity index (χ2v) is 12.9. The number of hydrogen-bond donors (Lipinski definition) is 1. The molecular weight excluding hydrogens is 580 g/mol. The number of benzene rings is 1. The molecule has 3 aliphatic rings. The van der Waals surface area contributed by atoms with Gasteiger partial charge in [0.05, 0.1) is 27.0 Å². The van der Waals surface area contributed by atoms with Gasteiger partial charge in [0.15, 0.2) is 12.2 Å². The molecule has 11 nitrogen and oxygen atoms in total. The second-order valence-electron chi connectivity index (χ2n) is 11.8. The van der Waals surface area contributed by atoms with E-state index < -0.39 is 0 Å². The van der Waals surface area contributed by atoms with E-state index in [0.717, 1.165) is 41.8 Å². The molecule has 12 heteroatoms. The molecule has 5 heterocycles. The van der Waals surface area contributed by atoms with Crippen LogP contribution < -0.4 is 10.2 Å². The average molecular weight is 615 g/mol. The number of thiophene rings is 1. The summed E-state index contributed by atoms with van der Waals surface area (Å²) < 4.78 is 13.0. The second kappa shape index (κ2) is 11.7. The zero-order chi connectivity index (χ0) is 30.4. The molecule has 2 atom stereocenters. The van der Waals surface area contributed by atoms with E-state index in [1.165, 1.54) is 23.8 Å². The van der Waals surface area contributed by atoms with E-state index in [4.69, 9.17) is 14.1 Å². The van der Waals surface area contributed by atoms with Crippen molar-refractivity contribution in [2.45, 2.75) is 31.7 Å². The first-order valence-corrected chi connectivity index (χ1v) is 15.8.